The fourth-order valence-corrected chi connectivity index (χ4v) is 4.46. The highest BCUT2D eigenvalue weighted by Gasteiger charge is 2.30. The Kier molecular flexibility index (Phi) is 6.98. The minimum atomic E-state index is -3.83. The minimum absolute atomic E-state index is 0.144. The van der Waals surface area contributed by atoms with Crippen LogP contribution in [0.5, 0.6) is 11.5 Å². The van der Waals surface area contributed by atoms with Gasteiger partial charge in [0.05, 0.1) is 28.1 Å². The van der Waals surface area contributed by atoms with Gasteiger partial charge in [-0.05, 0) is 56.3 Å². The van der Waals surface area contributed by atoms with Gasteiger partial charge in [0, 0.05) is 6.07 Å². The molecule has 9 nitrogen and oxygen atoms in total. The van der Waals surface area contributed by atoms with Gasteiger partial charge in [0.1, 0.15) is 17.5 Å². The van der Waals surface area contributed by atoms with Gasteiger partial charge in [0.15, 0.2) is 0 Å². The quantitative estimate of drug-likeness (QED) is 0.384. The van der Waals surface area contributed by atoms with Crippen molar-refractivity contribution < 1.29 is 22.9 Å². The number of ether oxygens (including phenoxy) is 1. The summed E-state index contributed by atoms with van der Waals surface area (Å²) in [7, 11) is -3.83. The Balaban J connectivity index is 1.84. The Bertz CT molecular complexity index is 1260. The number of nitrogens with one attached hydrogen (secondary N) is 1. The Hall–Kier alpha value is -3.92. The zero-order chi connectivity index (χ0) is 24.2. The number of anilines is 2. The maximum Gasteiger partial charge on any atom is 0.274 e. The van der Waals surface area contributed by atoms with Crippen molar-refractivity contribution in [1.29, 1.82) is 0 Å². The van der Waals surface area contributed by atoms with Crippen molar-refractivity contribution in [2.45, 2.75) is 19.9 Å². The van der Waals surface area contributed by atoms with E-state index in [2.05, 4.69) is 5.32 Å². The van der Waals surface area contributed by atoms with Gasteiger partial charge in [-0.15, -0.1) is 0 Å². The van der Waals surface area contributed by atoms with Crippen molar-refractivity contribution >= 4 is 33.0 Å². The number of para-hydroxylation sites is 1. The Morgan fingerprint density at radius 3 is 2.18 bits per heavy atom. The molecule has 1 amide bonds. The van der Waals surface area contributed by atoms with Gasteiger partial charge in [-0.3, -0.25) is 19.2 Å². The standard InChI is InChI=1S/C23H23N3O6S/c1-16-21(10-7-11-22(16)26(28)29)24-23(27)17(2)25(33(3,30)31)18-12-14-20(15-13-18)32-19-8-5-4-6-9-19/h4-15,17H,1-3H3,(H,24,27)/t17-/m0/s1. The zero-order valence-corrected chi connectivity index (χ0v) is 19.1. The molecule has 0 heterocycles. The molecular formula is C23H23N3O6S. The topological polar surface area (TPSA) is 119 Å². The van der Waals surface area contributed by atoms with Crippen molar-refractivity contribution in [1.82, 2.24) is 0 Å². The van der Waals surface area contributed by atoms with Gasteiger partial charge in [-0.2, -0.15) is 0 Å². The second-order valence-electron chi connectivity index (χ2n) is 7.34. The molecule has 3 aromatic rings. The first-order valence-electron chi connectivity index (χ1n) is 9.95. The zero-order valence-electron chi connectivity index (χ0n) is 18.3. The molecule has 0 saturated carbocycles. The summed E-state index contributed by atoms with van der Waals surface area (Å²) < 4.78 is 31.8. The lowest BCUT2D eigenvalue weighted by atomic mass is 10.1. The van der Waals surface area contributed by atoms with Gasteiger partial charge >= 0.3 is 0 Å². The van der Waals surface area contributed by atoms with Gasteiger partial charge in [0.2, 0.25) is 15.9 Å². The number of carbonyl (C=O) groups is 1. The molecule has 1 N–H and O–H groups in total. The van der Waals surface area contributed by atoms with E-state index in [4.69, 9.17) is 4.74 Å². The molecular weight excluding hydrogens is 446 g/mol. The fraction of sp³-hybridized carbons (Fsp3) is 0.174. The maximum absolute atomic E-state index is 12.9. The first kappa shape index (κ1) is 23.7. The number of amides is 1. The molecule has 0 unspecified atom stereocenters. The summed E-state index contributed by atoms with van der Waals surface area (Å²) in [6, 6.07) is 18.6. The van der Waals surface area contributed by atoms with E-state index in [1.807, 2.05) is 18.2 Å². The van der Waals surface area contributed by atoms with Crippen molar-refractivity contribution in [3.8, 4) is 11.5 Å². The van der Waals surface area contributed by atoms with E-state index in [9.17, 15) is 23.3 Å². The van der Waals surface area contributed by atoms with Crippen LogP contribution in [0.2, 0.25) is 0 Å². The lowest BCUT2D eigenvalue weighted by molar-refractivity contribution is -0.385. The van der Waals surface area contributed by atoms with E-state index in [1.165, 1.54) is 32.0 Å². The third kappa shape index (κ3) is 5.66. The van der Waals surface area contributed by atoms with Gasteiger partial charge in [-0.1, -0.05) is 24.3 Å². The van der Waals surface area contributed by atoms with E-state index in [-0.39, 0.29) is 22.6 Å². The van der Waals surface area contributed by atoms with Crippen LogP contribution >= 0.6 is 0 Å². The predicted molar refractivity (Wildman–Crippen MR) is 126 cm³/mol. The summed E-state index contributed by atoms with van der Waals surface area (Å²) in [5, 5.41) is 13.8. The van der Waals surface area contributed by atoms with Crippen LogP contribution in [0.1, 0.15) is 12.5 Å². The second-order valence-corrected chi connectivity index (χ2v) is 9.20. The molecule has 0 fully saturated rings. The highest BCUT2D eigenvalue weighted by Crippen LogP contribution is 2.28. The number of sulfonamides is 1. The molecule has 1 atom stereocenters. The normalized spacial score (nSPS) is 12.0. The van der Waals surface area contributed by atoms with Crippen molar-refractivity contribution in [2.24, 2.45) is 0 Å². The Morgan fingerprint density at radius 1 is 1.00 bits per heavy atom. The summed E-state index contributed by atoms with van der Waals surface area (Å²) in [5.41, 5.74) is 0.642. The molecule has 0 spiro atoms. The van der Waals surface area contributed by atoms with Crippen LogP contribution in [-0.4, -0.2) is 31.5 Å². The fourth-order valence-electron chi connectivity index (χ4n) is 3.29. The molecule has 172 valence electrons. The molecule has 33 heavy (non-hydrogen) atoms. The molecule has 3 rings (SSSR count). The van der Waals surface area contributed by atoms with Crippen LogP contribution < -0.4 is 14.4 Å². The molecule has 0 aliphatic heterocycles. The smallest absolute Gasteiger partial charge is 0.274 e. The number of nitro groups is 1. The van der Waals surface area contributed by atoms with Gasteiger partial charge < -0.3 is 10.1 Å². The minimum Gasteiger partial charge on any atom is -0.457 e. The van der Waals surface area contributed by atoms with Crippen molar-refractivity contribution in [3.05, 3.63) is 88.5 Å². The summed E-state index contributed by atoms with van der Waals surface area (Å²) in [6.07, 6.45) is 1.00. The number of rotatable bonds is 8. The molecule has 0 aromatic heterocycles. The average Bonchev–Trinajstić information content (AvgIpc) is 2.76. The first-order valence-corrected chi connectivity index (χ1v) is 11.8. The molecule has 3 aromatic carbocycles. The molecule has 0 aliphatic carbocycles. The first-order chi connectivity index (χ1) is 15.6. The highest BCUT2D eigenvalue weighted by molar-refractivity contribution is 7.92. The molecule has 0 radical (unpaired) electrons. The van der Waals surface area contributed by atoms with Crippen molar-refractivity contribution in [3.63, 3.8) is 0 Å². The second kappa shape index (κ2) is 9.70. The number of benzene rings is 3. The molecule has 0 saturated heterocycles. The Morgan fingerprint density at radius 2 is 1.61 bits per heavy atom. The molecule has 0 bridgehead atoms. The predicted octanol–water partition coefficient (Wildman–Crippen LogP) is 4.49. The molecule has 0 aliphatic rings. The lowest BCUT2D eigenvalue weighted by Gasteiger charge is -2.28. The van der Waals surface area contributed by atoms with Crippen LogP contribution in [0, 0.1) is 17.0 Å². The summed E-state index contributed by atoms with van der Waals surface area (Å²) in [5.74, 6) is 0.502. The third-order valence-electron chi connectivity index (χ3n) is 4.92. The monoisotopic (exact) mass is 469 g/mol. The SMILES string of the molecule is Cc1c(NC(=O)[C@H](C)N(c2ccc(Oc3ccccc3)cc2)S(C)(=O)=O)cccc1[N+](=O)[O-]. The number of hydrogen-bond donors (Lipinski definition) is 1. The average molecular weight is 470 g/mol. The van der Waals surface area contributed by atoms with Crippen LogP contribution in [0.4, 0.5) is 17.1 Å². The van der Waals surface area contributed by atoms with Crippen LogP contribution in [-0.2, 0) is 14.8 Å². The van der Waals surface area contributed by atoms with E-state index >= 15 is 0 Å². The number of carbonyl (C=O) groups excluding carboxylic acids is 1. The summed E-state index contributed by atoms with van der Waals surface area (Å²) in [6.45, 7) is 2.95. The van der Waals surface area contributed by atoms with E-state index in [1.54, 1.807) is 36.4 Å². The van der Waals surface area contributed by atoms with Crippen molar-refractivity contribution in [2.75, 3.05) is 15.9 Å². The Labute approximate surface area is 191 Å². The van der Waals surface area contributed by atoms with Gasteiger partial charge in [0.25, 0.3) is 5.69 Å². The highest BCUT2D eigenvalue weighted by atomic mass is 32.2. The van der Waals surface area contributed by atoms with E-state index < -0.39 is 26.9 Å². The number of nitro benzene ring substituents is 1. The largest absolute Gasteiger partial charge is 0.457 e. The number of nitrogens with zero attached hydrogens (tertiary/aromatic N) is 2. The summed E-state index contributed by atoms with van der Waals surface area (Å²) >= 11 is 0. The third-order valence-corrected chi connectivity index (χ3v) is 6.16. The molecule has 10 heteroatoms. The van der Waals surface area contributed by atoms with Crippen LogP contribution in [0.3, 0.4) is 0 Å². The van der Waals surface area contributed by atoms with E-state index in [0.29, 0.717) is 11.5 Å². The van der Waals surface area contributed by atoms with Crippen LogP contribution in [0.15, 0.2) is 72.8 Å². The van der Waals surface area contributed by atoms with Crippen LogP contribution in [0.25, 0.3) is 0 Å². The summed E-state index contributed by atoms with van der Waals surface area (Å²) in [4.78, 5) is 23.5. The lowest BCUT2D eigenvalue weighted by Crippen LogP contribution is -2.45. The van der Waals surface area contributed by atoms with Gasteiger partial charge in [-0.25, -0.2) is 8.42 Å². The number of hydrogen-bond acceptors (Lipinski definition) is 6. The van der Waals surface area contributed by atoms with E-state index in [0.717, 1.165) is 10.6 Å². The maximum atomic E-state index is 12.9.